The van der Waals surface area contributed by atoms with Gasteiger partial charge in [0.2, 0.25) is 0 Å². The lowest BCUT2D eigenvalue weighted by molar-refractivity contribution is -0.0282. The highest BCUT2D eigenvalue weighted by atomic mass is 16.5. The van der Waals surface area contributed by atoms with E-state index in [0.29, 0.717) is 13.2 Å². The highest BCUT2D eigenvalue weighted by Gasteiger charge is 2.08. The predicted molar refractivity (Wildman–Crippen MR) is 84.0 cm³/mol. The molecule has 2 unspecified atom stereocenters. The van der Waals surface area contributed by atoms with E-state index in [9.17, 15) is 5.11 Å². The molecule has 2 N–H and O–H groups in total. The van der Waals surface area contributed by atoms with Crippen LogP contribution in [0.15, 0.2) is 24.3 Å². The molecule has 0 spiro atoms. The van der Waals surface area contributed by atoms with Crippen LogP contribution in [0.1, 0.15) is 20.8 Å². The molecule has 0 aliphatic rings. The fraction of sp³-hybridized carbons (Fsp3) is 0.625. The first-order chi connectivity index (χ1) is 10.0. The van der Waals surface area contributed by atoms with E-state index in [1.807, 2.05) is 45.0 Å². The smallest absolute Gasteiger partial charge is 0.119 e. The Balaban J connectivity index is 2.27. The Morgan fingerprint density at radius 2 is 1.76 bits per heavy atom. The van der Waals surface area contributed by atoms with Crippen LogP contribution in [0.4, 0.5) is 5.69 Å². The lowest BCUT2D eigenvalue weighted by Crippen LogP contribution is -2.28. The first-order valence-corrected chi connectivity index (χ1v) is 7.30. The molecule has 120 valence electrons. The predicted octanol–water partition coefficient (Wildman–Crippen LogP) is 2.30. The highest BCUT2D eigenvalue weighted by Crippen LogP contribution is 2.16. The lowest BCUT2D eigenvalue weighted by Gasteiger charge is -2.17. The molecular formula is C16H27NO4. The van der Waals surface area contributed by atoms with Gasteiger partial charge >= 0.3 is 0 Å². The van der Waals surface area contributed by atoms with Crippen molar-refractivity contribution >= 4 is 5.69 Å². The Labute approximate surface area is 127 Å². The zero-order valence-corrected chi connectivity index (χ0v) is 13.3. The largest absolute Gasteiger partial charge is 0.491 e. The average Bonchev–Trinajstić information content (AvgIpc) is 2.44. The Bertz CT molecular complexity index is 380. The van der Waals surface area contributed by atoms with Crippen molar-refractivity contribution in [1.82, 2.24) is 0 Å². The van der Waals surface area contributed by atoms with Crippen LogP contribution >= 0.6 is 0 Å². The number of hydrogen-bond donors (Lipinski definition) is 2. The molecule has 0 saturated heterocycles. The van der Waals surface area contributed by atoms with Crippen molar-refractivity contribution in [2.45, 2.75) is 39.1 Å². The summed E-state index contributed by atoms with van der Waals surface area (Å²) in [6.07, 6.45) is -0.412. The Kier molecular flexibility index (Phi) is 8.12. The van der Waals surface area contributed by atoms with Gasteiger partial charge < -0.3 is 24.6 Å². The molecule has 0 fully saturated rings. The molecule has 5 heteroatoms. The Morgan fingerprint density at radius 3 is 2.33 bits per heavy atom. The van der Waals surface area contributed by atoms with E-state index in [0.717, 1.165) is 11.4 Å². The van der Waals surface area contributed by atoms with E-state index in [2.05, 4.69) is 5.32 Å². The van der Waals surface area contributed by atoms with Crippen molar-refractivity contribution in [2.24, 2.45) is 0 Å². The van der Waals surface area contributed by atoms with E-state index in [1.165, 1.54) is 0 Å². The SMILES string of the molecule is COCC(C)OCC(O)CNc1ccc(OC(C)C)cc1. The maximum absolute atomic E-state index is 9.85. The van der Waals surface area contributed by atoms with Gasteiger partial charge in [0.15, 0.2) is 0 Å². The molecule has 0 aliphatic heterocycles. The first kappa shape index (κ1) is 17.8. The summed E-state index contributed by atoms with van der Waals surface area (Å²) in [4.78, 5) is 0. The fourth-order valence-electron chi connectivity index (χ4n) is 1.78. The van der Waals surface area contributed by atoms with E-state index in [4.69, 9.17) is 14.2 Å². The minimum Gasteiger partial charge on any atom is -0.491 e. The summed E-state index contributed by atoms with van der Waals surface area (Å²) < 4.78 is 16.0. The highest BCUT2D eigenvalue weighted by molar-refractivity contribution is 5.46. The van der Waals surface area contributed by atoms with Gasteiger partial charge in [0.1, 0.15) is 5.75 Å². The van der Waals surface area contributed by atoms with Crippen LogP contribution in [0.3, 0.4) is 0 Å². The standard InChI is InChI=1S/C16H27NO4/c1-12(2)21-16-7-5-14(6-8-16)17-9-15(18)11-20-13(3)10-19-4/h5-8,12-13,15,17-18H,9-11H2,1-4H3. The molecule has 1 aromatic rings. The van der Waals surface area contributed by atoms with Crippen LogP contribution in [0, 0.1) is 0 Å². The lowest BCUT2D eigenvalue weighted by atomic mass is 10.3. The number of hydrogen-bond acceptors (Lipinski definition) is 5. The third-order valence-corrected chi connectivity index (χ3v) is 2.74. The molecule has 2 atom stereocenters. The minimum atomic E-state index is -0.559. The second-order valence-electron chi connectivity index (χ2n) is 5.33. The molecule has 0 heterocycles. The minimum absolute atomic E-state index is 0.0166. The Hall–Kier alpha value is -1.30. The Morgan fingerprint density at radius 1 is 1.10 bits per heavy atom. The zero-order valence-electron chi connectivity index (χ0n) is 13.3. The quantitative estimate of drug-likeness (QED) is 0.694. The number of methoxy groups -OCH3 is 1. The van der Waals surface area contributed by atoms with Crippen molar-refractivity contribution in [1.29, 1.82) is 0 Å². The molecule has 0 saturated carbocycles. The third kappa shape index (κ3) is 7.90. The summed E-state index contributed by atoms with van der Waals surface area (Å²) >= 11 is 0. The fourth-order valence-corrected chi connectivity index (χ4v) is 1.78. The third-order valence-electron chi connectivity index (χ3n) is 2.74. The topological polar surface area (TPSA) is 60.0 Å². The van der Waals surface area contributed by atoms with Crippen LogP contribution in [0.25, 0.3) is 0 Å². The maximum atomic E-state index is 9.85. The summed E-state index contributed by atoms with van der Waals surface area (Å²) in [5, 5.41) is 13.0. The summed E-state index contributed by atoms with van der Waals surface area (Å²) in [7, 11) is 1.63. The molecule has 21 heavy (non-hydrogen) atoms. The zero-order chi connectivity index (χ0) is 15.7. The normalized spacial score (nSPS) is 14.0. The number of anilines is 1. The maximum Gasteiger partial charge on any atom is 0.119 e. The number of aliphatic hydroxyl groups is 1. The molecule has 0 aliphatic carbocycles. The van der Waals surface area contributed by atoms with E-state index in [1.54, 1.807) is 7.11 Å². The molecule has 0 aromatic heterocycles. The van der Waals surface area contributed by atoms with Crippen molar-refractivity contribution in [3.05, 3.63) is 24.3 Å². The number of aliphatic hydroxyl groups excluding tert-OH is 1. The van der Waals surface area contributed by atoms with E-state index < -0.39 is 6.10 Å². The molecule has 0 radical (unpaired) electrons. The summed E-state index contributed by atoms with van der Waals surface area (Å²) in [6.45, 7) is 7.14. The van der Waals surface area contributed by atoms with Crippen LogP contribution in [-0.4, -0.2) is 50.3 Å². The summed E-state index contributed by atoms with van der Waals surface area (Å²) in [5.74, 6) is 0.841. The molecular weight excluding hydrogens is 270 g/mol. The van der Waals surface area contributed by atoms with Gasteiger partial charge in [-0.2, -0.15) is 0 Å². The molecule has 0 amide bonds. The number of nitrogens with one attached hydrogen (secondary N) is 1. The van der Waals surface area contributed by atoms with Gasteiger partial charge in [-0.1, -0.05) is 0 Å². The summed E-state index contributed by atoms with van der Waals surface area (Å²) in [6, 6.07) is 7.68. The van der Waals surface area contributed by atoms with Crippen molar-refractivity contribution in [3.8, 4) is 5.75 Å². The second-order valence-corrected chi connectivity index (χ2v) is 5.33. The van der Waals surface area contributed by atoms with Crippen LogP contribution in [-0.2, 0) is 9.47 Å². The molecule has 1 aromatic carbocycles. The van der Waals surface area contributed by atoms with Gasteiger partial charge in [-0.25, -0.2) is 0 Å². The second kappa shape index (κ2) is 9.60. The van der Waals surface area contributed by atoms with Crippen molar-refractivity contribution in [2.75, 3.05) is 32.2 Å². The van der Waals surface area contributed by atoms with Gasteiger partial charge in [0, 0.05) is 19.3 Å². The molecule has 0 bridgehead atoms. The van der Waals surface area contributed by atoms with Crippen LogP contribution < -0.4 is 10.1 Å². The van der Waals surface area contributed by atoms with Gasteiger partial charge in [-0.3, -0.25) is 0 Å². The number of ether oxygens (including phenoxy) is 3. The van der Waals surface area contributed by atoms with E-state index in [-0.39, 0.29) is 18.8 Å². The van der Waals surface area contributed by atoms with E-state index >= 15 is 0 Å². The number of rotatable bonds is 10. The van der Waals surface area contributed by atoms with Gasteiger partial charge in [-0.15, -0.1) is 0 Å². The van der Waals surface area contributed by atoms with Gasteiger partial charge in [-0.05, 0) is 45.0 Å². The number of benzene rings is 1. The molecule has 1 rings (SSSR count). The van der Waals surface area contributed by atoms with Gasteiger partial charge in [0.25, 0.3) is 0 Å². The molecule has 5 nitrogen and oxygen atoms in total. The van der Waals surface area contributed by atoms with Crippen LogP contribution in [0.2, 0.25) is 0 Å². The van der Waals surface area contributed by atoms with Crippen molar-refractivity contribution in [3.63, 3.8) is 0 Å². The average molecular weight is 297 g/mol. The first-order valence-electron chi connectivity index (χ1n) is 7.30. The van der Waals surface area contributed by atoms with Crippen molar-refractivity contribution < 1.29 is 19.3 Å². The monoisotopic (exact) mass is 297 g/mol. The van der Waals surface area contributed by atoms with Gasteiger partial charge in [0.05, 0.1) is 31.5 Å². The van der Waals surface area contributed by atoms with Crippen LogP contribution in [0.5, 0.6) is 5.75 Å². The summed E-state index contributed by atoms with van der Waals surface area (Å²) in [5.41, 5.74) is 0.940.